The number of alkyl halides is 1. The second-order valence-electron chi connectivity index (χ2n) is 4.16. The fraction of sp³-hybridized carbons (Fsp3) is 0.200. The molecule has 0 saturated heterocycles. The normalized spacial score (nSPS) is 12.2. The van der Waals surface area contributed by atoms with Gasteiger partial charge in [-0.2, -0.15) is 0 Å². The Balaban J connectivity index is 2.31. The van der Waals surface area contributed by atoms with Crippen LogP contribution >= 0.6 is 27.5 Å². The summed E-state index contributed by atoms with van der Waals surface area (Å²) in [5.74, 6) is 0.855. The van der Waals surface area contributed by atoms with Gasteiger partial charge in [0.25, 0.3) is 0 Å². The molecule has 0 bridgehead atoms. The van der Waals surface area contributed by atoms with Gasteiger partial charge in [-0.3, -0.25) is 0 Å². The summed E-state index contributed by atoms with van der Waals surface area (Å²) in [6, 6.07) is 14.1. The van der Waals surface area contributed by atoms with Gasteiger partial charge in [0.1, 0.15) is 5.75 Å². The van der Waals surface area contributed by atoms with Crippen molar-refractivity contribution in [2.75, 3.05) is 7.11 Å². The molecule has 0 aliphatic rings. The molecule has 2 aromatic carbocycles. The van der Waals surface area contributed by atoms with Crippen molar-refractivity contribution in [3.63, 3.8) is 0 Å². The molecule has 0 radical (unpaired) electrons. The molecular weight excluding hydrogens is 312 g/mol. The van der Waals surface area contributed by atoms with Crippen LogP contribution in [-0.2, 0) is 0 Å². The van der Waals surface area contributed by atoms with Crippen LogP contribution in [0.2, 0.25) is 5.02 Å². The van der Waals surface area contributed by atoms with Crippen molar-refractivity contribution in [3.05, 3.63) is 64.2 Å². The number of hydrogen-bond donors (Lipinski definition) is 0. The van der Waals surface area contributed by atoms with Crippen molar-refractivity contribution in [2.24, 2.45) is 0 Å². The molecular formula is C15H14BrClO. The Bertz CT molecular complexity index is 537. The van der Waals surface area contributed by atoms with Gasteiger partial charge < -0.3 is 4.74 Å². The third kappa shape index (κ3) is 2.88. The highest BCUT2D eigenvalue weighted by atomic mass is 79.9. The van der Waals surface area contributed by atoms with Crippen molar-refractivity contribution < 1.29 is 4.74 Å². The highest BCUT2D eigenvalue weighted by Crippen LogP contribution is 2.36. The average molecular weight is 326 g/mol. The first-order valence-electron chi connectivity index (χ1n) is 5.66. The van der Waals surface area contributed by atoms with Gasteiger partial charge in [0.2, 0.25) is 0 Å². The lowest BCUT2D eigenvalue weighted by molar-refractivity contribution is 0.414. The van der Waals surface area contributed by atoms with Crippen molar-refractivity contribution in [1.29, 1.82) is 0 Å². The summed E-state index contributed by atoms with van der Waals surface area (Å²) >= 11 is 9.97. The molecule has 0 aliphatic heterocycles. The van der Waals surface area contributed by atoms with Crippen LogP contribution in [0.25, 0.3) is 0 Å². The van der Waals surface area contributed by atoms with E-state index in [0.29, 0.717) is 0 Å². The minimum atomic E-state index is 0.0940. The Morgan fingerprint density at radius 2 is 1.78 bits per heavy atom. The molecule has 0 aliphatic carbocycles. The minimum absolute atomic E-state index is 0.0940. The molecule has 0 spiro atoms. The van der Waals surface area contributed by atoms with Gasteiger partial charge in [0.05, 0.1) is 11.9 Å². The maximum Gasteiger partial charge on any atom is 0.118 e. The summed E-state index contributed by atoms with van der Waals surface area (Å²) in [4.78, 5) is 0.0940. The molecule has 3 heteroatoms. The van der Waals surface area contributed by atoms with Gasteiger partial charge in [-0.25, -0.2) is 0 Å². The second-order valence-corrected chi connectivity index (χ2v) is 5.48. The Labute approximate surface area is 121 Å². The van der Waals surface area contributed by atoms with Crippen molar-refractivity contribution in [1.82, 2.24) is 0 Å². The largest absolute Gasteiger partial charge is 0.497 e. The molecule has 1 unspecified atom stereocenters. The summed E-state index contributed by atoms with van der Waals surface area (Å²) < 4.78 is 5.15. The Morgan fingerprint density at radius 3 is 2.33 bits per heavy atom. The Morgan fingerprint density at radius 1 is 1.11 bits per heavy atom. The quantitative estimate of drug-likeness (QED) is 0.710. The van der Waals surface area contributed by atoms with Crippen molar-refractivity contribution in [2.45, 2.75) is 11.8 Å². The third-order valence-corrected chi connectivity index (χ3v) is 4.19. The van der Waals surface area contributed by atoms with Gasteiger partial charge in [-0.1, -0.05) is 51.8 Å². The lowest BCUT2D eigenvalue weighted by Gasteiger charge is -2.13. The van der Waals surface area contributed by atoms with Gasteiger partial charge >= 0.3 is 0 Å². The van der Waals surface area contributed by atoms with Gasteiger partial charge in [0, 0.05) is 5.02 Å². The molecule has 0 aromatic heterocycles. The summed E-state index contributed by atoms with van der Waals surface area (Å²) in [6.45, 7) is 2.03. The molecule has 1 nitrogen and oxygen atoms in total. The first-order chi connectivity index (χ1) is 8.61. The number of rotatable bonds is 3. The lowest BCUT2D eigenvalue weighted by atomic mass is 10.0. The van der Waals surface area contributed by atoms with E-state index in [2.05, 4.69) is 28.1 Å². The number of ether oxygens (including phenoxy) is 1. The first-order valence-corrected chi connectivity index (χ1v) is 6.95. The van der Waals surface area contributed by atoms with E-state index in [9.17, 15) is 0 Å². The molecule has 2 aromatic rings. The van der Waals surface area contributed by atoms with Crippen molar-refractivity contribution in [3.8, 4) is 5.75 Å². The van der Waals surface area contributed by atoms with Crippen LogP contribution < -0.4 is 4.74 Å². The fourth-order valence-electron chi connectivity index (χ4n) is 1.79. The Hall–Kier alpha value is -0.990. The SMILES string of the molecule is COc1ccc(C(Br)c2ccc(C)cc2Cl)cc1. The number of benzene rings is 2. The maximum absolute atomic E-state index is 6.28. The molecule has 0 heterocycles. The maximum atomic E-state index is 6.28. The summed E-state index contributed by atoms with van der Waals surface area (Å²) in [7, 11) is 1.66. The first kappa shape index (κ1) is 13.4. The van der Waals surface area contributed by atoms with E-state index in [-0.39, 0.29) is 4.83 Å². The van der Waals surface area contributed by atoms with E-state index < -0.39 is 0 Å². The van der Waals surface area contributed by atoms with E-state index in [1.54, 1.807) is 7.11 Å². The molecule has 2 rings (SSSR count). The highest BCUT2D eigenvalue weighted by Gasteiger charge is 2.13. The smallest absolute Gasteiger partial charge is 0.118 e. The number of methoxy groups -OCH3 is 1. The van der Waals surface area contributed by atoms with Crippen LogP contribution in [0.4, 0.5) is 0 Å². The number of hydrogen-bond acceptors (Lipinski definition) is 1. The molecule has 0 saturated carbocycles. The highest BCUT2D eigenvalue weighted by molar-refractivity contribution is 9.09. The predicted molar refractivity (Wildman–Crippen MR) is 80.0 cm³/mol. The van der Waals surface area contributed by atoms with Crippen LogP contribution in [0, 0.1) is 6.92 Å². The number of aryl methyl sites for hydroxylation is 1. The van der Waals surface area contributed by atoms with Crippen LogP contribution in [-0.4, -0.2) is 7.11 Å². The van der Waals surface area contributed by atoms with Gasteiger partial charge in [-0.15, -0.1) is 0 Å². The van der Waals surface area contributed by atoms with E-state index in [4.69, 9.17) is 16.3 Å². The molecule has 0 N–H and O–H groups in total. The summed E-state index contributed by atoms with van der Waals surface area (Å²) in [6.07, 6.45) is 0. The third-order valence-electron chi connectivity index (χ3n) is 2.84. The molecule has 18 heavy (non-hydrogen) atoms. The van der Waals surface area contributed by atoms with E-state index >= 15 is 0 Å². The molecule has 1 atom stereocenters. The molecule has 0 fully saturated rings. The molecule has 94 valence electrons. The zero-order valence-corrected chi connectivity index (χ0v) is 12.6. The van der Waals surface area contributed by atoms with Gasteiger partial charge in [0.15, 0.2) is 0 Å². The summed E-state index contributed by atoms with van der Waals surface area (Å²) in [5, 5.41) is 0.785. The predicted octanol–water partition coefficient (Wildman–Crippen LogP) is 5.14. The second kappa shape index (κ2) is 5.77. The van der Waals surface area contributed by atoms with Crippen LogP contribution in [0.15, 0.2) is 42.5 Å². The Kier molecular flexibility index (Phi) is 4.31. The zero-order chi connectivity index (χ0) is 13.1. The summed E-state index contributed by atoms with van der Waals surface area (Å²) in [5.41, 5.74) is 3.40. The minimum Gasteiger partial charge on any atom is -0.497 e. The van der Waals surface area contributed by atoms with E-state index in [1.165, 1.54) is 0 Å². The lowest BCUT2D eigenvalue weighted by Crippen LogP contribution is -1.94. The van der Waals surface area contributed by atoms with Crippen LogP contribution in [0.1, 0.15) is 21.5 Å². The fourth-order valence-corrected chi connectivity index (χ4v) is 2.97. The van der Waals surface area contributed by atoms with Crippen molar-refractivity contribution >= 4 is 27.5 Å². The van der Waals surface area contributed by atoms with Crippen LogP contribution in [0.5, 0.6) is 5.75 Å². The standard InChI is InChI=1S/C15H14BrClO/c1-10-3-8-13(14(17)9-10)15(16)11-4-6-12(18-2)7-5-11/h3-9,15H,1-2H3. The molecule has 0 amide bonds. The monoisotopic (exact) mass is 324 g/mol. The topological polar surface area (TPSA) is 9.23 Å². The number of halogens is 2. The van der Waals surface area contributed by atoms with E-state index in [1.807, 2.05) is 37.3 Å². The van der Waals surface area contributed by atoms with Gasteiger partial charge in [-0.05, 0) is 41.8 Å². The van der Waals surface area contributed by atoms with Crippen LogP contribution in [0.3, 0.4) is 0 Å². The average Bonchev–Trinajstić information content (AvgIpc) is 2.38. The van der Waals surface area contributed by atoms with E-state index in [0.717, 1.165) is 27.5 Å². The zero-order valence-electron chi connectivity index (χ0n) is 10.3.